The molecular formula is C22H29N3O2. The lowest BCUT2D eigenvalue weighted by Crippen LogP contribution is -2.39. The van der Waals surface area contributed by atoms with Crippen molar-refractivity contribution in [3.05, 3.63) is 48.0 Å². The molecule has 27 heavy (non-hydrogen) atoms. The molecular weight excluding hydrogens is 338 g/mol. The molecule has 1 aliphatic rings. The fourth-order valence-corrected chi connectivity index (χ4v) is 3.82. The molecule has 144 valence electrons. The Kier molecular flexibility index (Phi) is 6.45. The molecule has 1 aliphatic heterocycles. The van der Waals surface area contributed by atoms with Gasteiger partial charge in [-0.3, -0.25) is 9.59 Å². The Labute approximate surface area is 160 Å². The normalized spacial score (nSPS) is 20.5. The molecule has 0 radical (unpaired) electrons. The van der Waals surface area contributed by atoms with Crippen LogP contribution in [0.4, 0.5) is 0 Å². The molecule has 3 rings (SSSR count). The number of hydrogen-bond donors (Lipinski definition) is 3. The van der Waals surface area contributed by atoms with Gasteiger partial charge in [0.15, 0.2) is 0 Å². The predicted octanol–water partition coefficient (Wildman–Crippen LogP) is 3.12. The van der Waals surface area contributed by atoms with E-state index in [0.717, 1.165) is 49.3 Å². The number of fused-ring (bicyclic) bond motifs is 1. The number of carbonyl (C=O) groups excluding carboxylic acids is 2. The van der Waals surface area contributed by atoms with Gasteiger partial charge in [0, 0.05) is 17.6 Å². The summed E-state index contributed by atoms with van der Waals surface area (Å²) in [5.41, 5.74) is 6.04. The maximum Gasteiger partial charge on any atom is 0.251 e. The maximum atomic E-state index is 12.5. The minimum absolute atomic E-state index is 0.0185. The van der Waals surface area contributed by atoms with Gasteiger partial charge in [0.05, 0.1) is 6.04 Å². The minimum atomic E-state index is -0.248. The molecule has 5 heteroatoms. The van der Waals surface area contributed by atoms with E-state index in [2.05, 4.69) is 17.6 Å². The summed E-state index contributed by atoms with van der Waals surface area (Å²) in [6, 6.07) is 14.2. The SMILES string of the molecule is CC(CCCCC1CCC(C(N)=O)N1)NC(=O)c1ccc2ccccc2c1. The first-order valence-corrected chi connectivity index (χ1v) is 9.88. The second-order valence-corrected chi connectivity index (χ2v) is 7.62. The van der Waals surface area contributed by atoms with E-state index in [1.165, 1.54) is 0 Å². The zero-order chi connectivity index (χ0) is 19.2. The van der Waals surface area contributed by atoms with Crippen LogP contribution in [0.25, 0.3) is 10.8 Å². The summed E-state index contributed by atoms with van der Waals surface area (Å²) < 4.78 is 0. The molecule has 0 saturated carbocycles. The van der Waals surface area contributed by atoms with Crippen molar-refractivity contribution in [1.29, 1.82) is 0 Å². The van der Waals surface area contributed by atoms with Gasteiger partial charge >= 0.3 is 0 Å². The summed E-state index contributed by atoms with van der Waals surface area (Å²) >= 11 is 0. The molecule has 1 heterocycles. The van der Waals surface area contributed by atoms with Crippen molar-refractivity contribution in [2.75, 3.05) is 0 Å². The van der Waals surface area contributed by atoms with Gasteiger partial charge in [0.2, 0.25) is 5.91 Å². The lowest BCUT2D eigenvalue weighted by atomic mass is 10.0. The van der Waals surface area contributed by atoms with E-state index in [1.807, 2.05) is 42.5 Å². The second kappa shape index (κ2) is 9.00. The van der Waals surface area contributed by atoms with Gasteiger partial charge < -0.3 is 16.4 Å². The fraction of sp³-hybridized carbons (Fsp3) is 0.455. The average Bonchev–Trinajstić information content (AvgIpc) is 3.14. The van der Waals surface area contributed by atoms with Crippen LogP contribution in [-0.4, -0.2) is 29.9 Å². The zero-order valence-corrected chi connectivity index (χ0v) is 15.9. The number of hydrogen-bond acceptors (Lipinski definition) is 3. The Morgan fingerprint density at radius 1 is 1.15 bits per heavy atom. The molecule has 2 amide bonds. The topological polar surface area (TPSA) is 84.2 Å². The van der Waals surface area contributed by atoms with Crippen LogP contribution in [-0.2, 0) is 4.79 Å². The molecule has 3 atom stereocenters. The molecule has 0 aromatic heterocycles. The van der Waals surface area contributed by atoms with Crippen molar-refractivity contribution in [1.82, 2.24) is 10.6 Å². The van der Waals surface area contributed by atoms with Gasteiger partial charge in [-0.1, -0.05) is 43.2 Å². The predicted molar refractivity (Wildman–Crippen MR) is 108 cm³/mol. The number of amides is 2. The van der Waals surface area contributed by atoms with E-state index < -0.39 is 0 Å². The number of carbonyl (C=O) groups is 2. The Morgan fingerprint density at radius 2 is 1.93 bits per heavy atom. The standard InChI is InChI=1S/C22H29N3O2/c1-15(6-2-5-9-19-12-13-20(25-19)21(23)26)24-22(27)18-11-10-16-7-3-4-8-17(16)14-18/h3-4,7-8,10-11,14-15,19-20,25H,2,5-6,9,12-13H2,1H3,(H2,23,26)(H,24,27). The average molecular weight is 367 g/mol. The van der Waals surface area contributed by atoms with Crippen molar-refractivity contribution < 1.29 is 9.59 Å². The van der Waals surface area contributed by atoms with Crippen LogP contribution in [0.15, 0.2) is 42.5 Å². The highest BCUT2D eigenvalue weighted by Gasteiger charge is 2.26. The molecule has 2 aromatic rings. The third-order valence-electron chi connectivity index (χ3n) is 5.41. The van der Waals surface area contributed by atoms with Crippen LogP contribution in [0.1, 0.15) is 55.8 Å². The van der Waals surface area contributed by atoms with Gasteiger partial charge in [-0.15, -0.1) is 0 Å². The monoisotopic (exact) mass is 367 g/mol. The number of primary amides is 1. The van der Waals surface area contributed by atoms with Crippen LogP contribution in [0.3, 0.4) is 0 Å². The Morgan fingerprint density at radius 3 is 2.67 bits per heavy atom. The van der Waals surface area contributed by atoms with E-state index in [9.17, 15) is 9.59 Å². The van der Waals surface area contributed by atoms with Crippen molar-refractivity contribution in [2.24, 2.45) is 5.73 Å². The third-order valence-corrected chi connectivity index (χ3v) is 5.41. The van der Waals surface area contributed by atoms with E-state index >= 15 is 0 Å². The van der Waals surface area contributed by atoms with Crippen molar-refractivity contribution in [3.8, 4) is 0 Å². The van der Waals surface area contributed by atoms with E-state index in [0.29, 0.717) is 11.6 Å². The highest BCUT2D eigenvalue weighted by Crippen LogP contribution is 2.18. The summed E-state index contributed by atoms with van der Waals surface area (Å²) in [4.78, 5) is 23.7. The minimum Gasteiger partial charge on any atom is -0.368 e. The van der Waals surface area contributed by atoms with E-state index in [-0.39, 0.29) is 23.9 Å². The smallest absolute Gasteiger partial charge is 0.251 e. The molecule has 0 spiro atoms. The lowest BCUT2D eigenvalue weighted by Gasteiger charge is -2.15. The molecule has 1 fully saturated rings. The first-order valence-electron chi connectivity index (χ1n) is 9.88. The van der Waals surface area contributed by atoms with Crippen LogP contribution in [0, 0.1) is 0 Å². The Hall–Kier alpha value is -2.40. The number of nitrogens with two attached hydrogens (primary N) is 1. The molecule has 4 N–H and O–H groups in total. The van der Waals surface area contributed by atoms with Gasteiger partial charge in [0.25, 0.3) is 5.91 Å². The highest BCUT2D eigenvalue weighted by atomic mass is 16.2. The van der Waals surface area contributed by atoms with Crippen LogP contribution in [0.2, 0.25) is 0 Å². The highest BCUT2D eigenvalue weighted by molar-refractivity contribution is 5.98. The van der Waals surface area contributed by atoms with Crippen molar-refractivity contribution in [3.63, 3.8) is 0 Å². The molecule has 3 unspecified atom stereocenters. The number of rotatable bonds is 8. The lowest BCUT2D eigenvalue weighted by molar-refractivity contribution is -0.119. The molecule has 0 bridgehead atoms. The summed E-state index contributed by atoms with van der Waals surface area (Å²) in [6.45, 7) is 2.05. The Balaban J connectivity index is 1.39. The van der Waals surface area contributed by atoms with E-state index in [1.54, 1.807) is 0 Å². The molecule has 5 nitrogen and oxygen atoms in total. The van der Waals surface area contributed by atoms with Gasteiger partial charge in [-0.25, -0.2) is 0 Å². The van der Waals surface area contributed by atoms with E-state index in [4.69, 9.17) is 5.73 Å². The quantitative estimate of drug-likeness (QED) is 0.627. The summed E-state index contributed by atoms with van der Waals surface area (Å²) in [6.07, 6.45) is 6.00. The summed E-state index contributed by atoms with van der Waals surface area (Å²) in [5, 5.41) is 8.62. The van der Waals surface area contributed by atoms with Gasteiger partial charge in [-0.05, 0) is 55.5 Å². The maximum absolute atomic E-state index is 12.5. The Bertz CT molecular complexity index is 805. The van der Waals surface area contributed by atoms with Crippen LogP contribution >= 0.6 is 0 Å². The largest absolute Gasteiger partial charge is 0.368 e. The molecule has 2 aromatic carbocycles. The first kappa shape index (κ1) is 19.4. The fourth-order valence-electron chi connectivity index (χ4n) is 3.82. The van der Waals surface area contributed by atoms with Gasteiger partial charge in [-0.2, -0.15) is 0 Å². The molecule has 0 aliphatic carbocycles. The van der Waals surface area contributed by atoms with Crippen LogP contribution in [0.5, 0.6) is 0 Å². The van der Waals surface area contributed by atoms with Gasteiger partial charge in [0.1, 0.15) is 0 Å². The first-order chi connectivity index (χ1) is 13.0. The number of benzene rings is 2. The van der Waals surface area contributed by atoms with Crippen LogP contribution < -0.4 is 16.4 Å². The number of nitrogens with one attached hydrogen (secondary N) is 2. The molecule has 1 saturated heterocycles. The van der Waals surface area contributed by atoms with Crippen molar-refractivity contribution >= 4 is 22.6 Å². The zero-order valence-electron chi connectivity index (χ0n) is 15.9. The second-order valence-electron chi connectivity index (χ2n) is 7.62. The third kappa shape index (κ3) is 5.30. The summed E-state index contributed by atoms with van der Waals surface area (Å²) in [7, 11) is 0. The van der Waals surface area contributed by atoms with Crippen molar-refractivity contribution in [2.45, 2.75) is 63.6 Å². The summed E-state index contributed by atoms with van der Waals surface area (Å²) in [5.74, 6) is -0.266. The number of unbranched alkanes of at least 4 members (excludes halogenated alkanes) is 1.